The second-order valence-corrected chi connectivity index (χ2v) is 6.41. The fourth-order valence-corrected chi connectivity index (χ4v) is 2.97. The number of benzene rings is 1. The molecular weight excluding hydrogens is 376 g/mol. The molecule has 0 aliphatic carbocycles. The maximum Gasteiger partial charge on any atom is 0.311 e. The average Bonchev–Trinajstić information content (AvgIpc) is 3.13. The predicted molar refractivity (Wildman–Crippen MR) is 101 cm³/mol. The fourth-order valence-electron chi connectivity index (χ4n) is 2.97. The van der Waals surface area contributed by atoms with Crippen molar-refractivity contribution in [2.24, 2.45) is 5.92 Å². The van der Waals surface area contributed by atoms with Crippen LogP contribution in [0.5, 0.6) is 5.75 Å². The van der Waals surface area contributed by atoms with Crippen molar-refractivity contribution in [2.45, 2.75) is 19.3 Å². The van der Waals surface area contributed by atoms with E-state index in [9.17, 15) is 14.4 Å². The third kappa shape index (κ3) is 5.94. The van der Waals surface area contributed by atoms with Crippen molar-refractivity contribution in [1.82, 2.24) is 4.90 Å². The van der Waals surface area contributed by atoms with E-state index in [0.717, 1.165) is 0 Å². The number of esters is 1. The van der Waals surface area contributed by atoms with Gasteiger partial charge in [0, 0.05) is 37.8 Å². The maximum atomic E-state index is 12.3. The topological polar surface area (TPSA) is 124 Å². The van der Waals surface area contributed by atoms with Crippen LogP contribution in [0.3, 0.4) is 0 Å². The van der Waals surface area contributed by atoms with Gasteiger partial charge in [0.25, 0.3) is 5.91 Å². The van der Waals surface area contributed by atoms with E-state index in [-0.39, 0.29) is 44.8 Å². The molecule has 1 aliphatic rings. The van der Waals surface area contributed by atoms with Crippen molar-refractivity contribution >= 4 is 23.5 Å². The number of amides is 2. The summed E-state index contributed by atoms with van der Waals surface area (Å²) < 4.78 is 10.3. The van der Waals surface area contributed by atoms with Crippen molar-refractivity contribution in [1.29, 1.82) is 10.5 Å². The molecule has 0 spiro atoms. The Morgan fingerprint density at radius 3 is 2.55 bits per heavy atom. The van der Waals surface area contributed by atoms with E-state index >= 15 is 0 Å². The summed E-state index contributed by atoms with van der Waals surface area (Å²) in [6.45, 7) is 0.00529. The van der Waals surface area contributed by atoms with Gasteiger partial charge >= 0.3 is 5.97 Å². The molecule has 2 rings (SSSR count). The summed E-state index contributed by atoms with van der Waals surface area (Å²) in [4.78, 5) is 39.7. The Balaban J connectivity index is 1.92. The Bertz CT molecular complexity index is 824. The lowest BCUT2D eigenvalue weighted by Gasteiger charge is -2.20. The molecule has 1 heterocycles. The van der Waals surface area contributed by atoms with Crippen LogP contribution < -0.4 is 9.64 Å². The number of anilines is 1. The fraction of sp³-hybridized carbons (Fsp3) is 0.450. The maximum absolute atomic E-state index is 12.3. The summed E-state index contributed by atoms with van der Waals surface area (Å²) in [5, 5.41) is 17.4. The van der Waals surface area contributed by atoms with Gasteiger partial charge in [0.15, 0.2) is 6.61 Å². The third-order valence-electron chi connectivity index (χ3n) is 4.50. The lowest BCUT2D eigenvalue weighted by atomic mass is 10.1. The smallest absolute Gasteiger partial charge is 0.311 e. The Kier molecular flexibility index (Phi) is 7.99. The molecule has 1 fully saturated rings. The molecule has 0 N–H and O–H groups in total. The highest BCUT2D eigenvalue weighted by Gasteiger charge is 2.36. The molecule has 9 nitrogen and oxygen atoms in total. The van der Waals surface area contributed by atoms with Crippen molar-refractivity contribution in [3.8, 4) is 17.9 Å². The Hall–Kier alpha value is -3.59. The molecule has 0 saturated carbocycles. The van der Waals surface area contributed by atoms with Crippen LogP contribution in [0.25, 0.3) is 0 Å². The van der Waals surface area contributed by atoms with E-state index in [4.69, 9.17) is 20.0 Å². The number of carbonyl (C=O) groups is 3. The number of hydrogen-bond donors (Lipinski definition) is 0. The zero-order chi connectivity index (χ0) is 21.2. The predicted octanol–water partition coefficient (Wildman–Crippen LogP) is 1.25. The largest absolute Gasteiger partial charge is 0.497 e. The summed E-state index contributed by atoms with van der Waals surface area (Å²) in [6.07, 6.45) is 0.242. The third-order valence-corrected chi connectivity index (χ3v) is 4.50. The monoisotopic (exact) mass is 398 g/mol. The minimum absolute atomic E-state index is 0.00316. The minimum Gasteiger partial charge on any atom is -0.497 e. The molecule has 1 aromatic rings. The molecule has 152 valence electrons. The van der Waals surface area contributed by atoms with Crippen LogP contribution in [0, 0.1) is 28.6 Å². The first-order valence-corrected chi connectivity index (χ1v) is 9.13. The van der Waals surface area contributed by atoms with Crippen molar-refractivity contribution in [3.63, 3.8) is 0 Å². The first-order chi connectivity index (χ1) is 14.0. The molecule has 0 radical (unpaired) electrons. The van der Waals surface area contributed by atoms with E-state index in [2.05, 4.69) is 0 Å². The summed E-state index contributed by atoms with van der Waals surface area (Å²) in [5.41, 5.74) is 0.625. The molecule has 1 unspecified atom stereocenters. The van der Waals surface area contributed by atoms with Gasteiger partial charge in [-0.05, 0) is 12.1 Å². The molecule has 0 bridgehead atoms. The summed E-state index contributed by atoms with van der Waals surface area (Å²) in [6, 6.07) is 10.8. The number of nitrogens with zero attached hydrogens (tertiary/aromatic N) is 4. The lowest BCUT2D eigenvalue weighted by molar-refractivity contribution is -0.155. The van der Waals surface area contributed by atoms with Crippen LogP contribution >= 0.6 is 0 Å². The molecule has 1 aliphatic heterocycles. The molecule has 29 heavy (non-hydrogen) atoms. The standard InChI is InChI=1S/C20H22N4O5/c1-28-17-6-2-5-16(12-17)24-13-15(11-18(24)25)20(27)29-14-19(26)23(9-3-7-21)10-4-8-22/h2,5-6,12,15H,3-4,9-11,13-14H2,1H3. The normalized spacial score (nSPS) is 15.3. The first kappa shape index (κ1) is 21.7. The van der Waals surface area contributed by atoms with Crippen molar-refractivity contribution in [3.05, 3.63) is 24.3 Å². The molecule has 0 aromatic heterocycles. The zero-order valence-electron chi connectivity index (χ0n) is 16.2. The molecule has 1 aromatic carbocycles. The van der Waals surface area contributed by atoms with Crippen LogP contribution in [-0.4, -0.2) is 56.0 Å². The summed E-state index contributed by atoms with van der Waals surface area (Å²) >= 11 is 0. The van der Waals surface area contributed by atoms with E-state index < -0.39 is 24.4 Å². The quantitative estimate of drug-likeness (QED) is 0.573. The minimum atomic E-state index is -0.673. The van der Waals surface area contributed by atoms with Gasteiger partial charge in [-0.2, -0.15) is 10.5 Å². The van der Waals surface area contributed by atoms with Crippen LogP contribution in [0.4, 0.5) is 5.69 Å². The van der Waals surface area contributed by atoms with Gasteiger partial charge in [0.2, 0.25) is 5.91 Å². The van der Waals surface area contributed by atoms with Crippen molar-refractivity contribution in [2.75, 3.05) is 38.3 Å². The van der Waals surface area contributed by atoms with E-state index in [1.807, 2.05) is 12.1 Å². The number of rotatable bonds is 9. The summed E-state index contributed by atoms with van der Waals surface area (Å²) in [5.74, 6) is -1.39. The second-order valence-electron chi connectivity index (χ2n) is 6.41. The second kappa shape index (κ2) is 10.7. The van der Waals surface area contributed by atoms with Gasteiger partial charge in [0.05, 0.1) is 38.0 Å². The highest BCUT2D eigenvalue weighted by atomic mass is 16.5. The molecule has 1 atom stereocenters. The zero-order valence-corrected chi connectivity index (χ0v) is 16.2. The number of ether oxygens (including phenoxy) is 2. The number of hydrogen-bond acceptors (Lipinski definition) is 7. The first-order valence-electron chi connectivity index (χ1n) is 9.13. The highest BCUT2D eigenvalue weighted by molar-refractivity contribution is 5.99. The molecule has 2 amide bonds. The van der Waals surface area contributed by atoms with E-state index in [1.165, 1.54) is 16.9 Å². The lowest BCUT2D eigenvalue weighted by Crippen LogP contribution is -2.37. The summed E-state index contributed by atoms with van der Waals surface area (Å²) in [7, 11) is 1.53. The van der Waals surface area contributed by atoms with Gasteiger partial charge in [-0.25, -0.2) is 0 Å². The number of nitriles is 2. The van der Waals surface area contributed by atoms with Crippen LogP contribution in [0.1, 0.15) is 19.3 Å². The number of carbonyl (C=O) groups excluding carboxylic acids is 3. The van der Waals surface area contributed by atoms with Gasteiger partial charge in [-0.15, -0.1) is 0 Å². The Morgan fingerprint density at radius 2 is 1.93 bits per heavy atom. The van der Waals surface area contributed by atoms with Gasteiger partial charge < -0.3 is 19.3 Å². The SMILES string of the molecule is COc1cccc(N2CC(C(=O)OCC(=O)N(CCC#N)CCC#N)CC2=O)c1. The molecule has 1 saturated heterocycles. The highest BCUT2D eigenvalue weighted by Crippen LogP contribution is 2.28. The molecular formula is C20H22N4O5. The van der Waals surface area contributed by atoms with Crippen molar-refractivity contribution < 1.29 is 23.9 Å². The van der Waals surface area contributed by atoms with E-state index in [1.54, 1.807) is 24.3 Å². The van der Waals surface area contributed by atoms with Gasteiger partial charge in [0.1, 0.15) is 5.75 Å². The van der Waals surface area contributed by atoms with E-state index in [0.29, 0.717) is 11.4 Å². The van der Waals surface area contributed by atoms with Crippen LogP contribution in [-0.2, 0) is 19.1 Å². The molecule has 9 heteroatoms. The number of methoxy groups -OCH3 is 1. The van der Waals surface area contributed by atoms with Gasteiger partial charge in [-0.3, -0.25) is 14.4 Å². The average molecular weight is 398 g/mol. The van der Waals surface area contributed by atoms with Crippen LogP contribution in [0.2, 0.25) is 0 Å². The Morgan fingerprint density at radius 1 is 1.24 bits per heavy atom. The van der Waals surface area contributed by atoms with Gasteiger partial charge in [-0.1, -0.05) is 6.07 Å². The van der Waals surface area contributed by atoms with Crippen LogP contribution in [0.15, 0.2) is 24.3 Å². The Labute approximate surface area is 169 Å².